The summed E-state index contributed by atoms with van der Waals surface area (Å²) in [7, 11) is 0. The van der Waals surface area contributed by atoms with Crippen LogP contribution in [0.5, 0.6) is 0 Å². The van der Waals surface area contributed by atoms with Gasteiger partial charge in [0, 0.05) is 39.9 Å². The van der Waals surface area contributed by atoms with Crippen molar-refractivity contribution in [2.45, 2.75) is 0 Å². The quantitative estimate of drug-likeness (QED) is 0.492. The van der Waals surface area contributed by atoms with E-state index >= 15 is 0 Å². The van der Waals surface area contributed by atoms with Crippen LogP contribution < -0.4 is 10.6 Å². The van der Waals surface area contributed by atoms with Crippen molar-refractivity contribution in [3.8, 4) is 11.1 Å². The Morgan fingerprint density at radius 1 is 0.926 bits per heavy atom. The van der Waals surface area contributed by atoms with E-state index in [1.807, 2.05) is 42.6 Å². The molecule has 27 heavy (non-hydrogen) atoms. The van der Waals surface area contributed by atoms with Gasteiger partial charge in [0.05, 0.1) is 5.57 Å². The molecule has 132 valence electrons. The average Bonchev–Trinajstić information content (AvgIpc) is 2.68. The van der Waals surface area contributed by atoms with Gasteiger partial charge in [-0.25, -0.2) is 0 Å². The van der Waals surface area contributed by atoms with Gasteiger partial charge in [0.25, 0.3) is 11.8 Å². The van der Waals surface area contributed by atoms with E-state index < -0.39 is 5.91 Å². The van der Waals surface area contributed by atoms with Gasteiger partial charge in [-0.3, -0.25) is 19.9 Å². The summed E-state index contributed by atoms with van der Waals surface area (Å²) in [6, 6.07) is 16.9. The summed E-state index contributed by atoms with van der Waals surface area (Å²) in [6.07, 6.45) is 5.16. The molecule has 0 atom stereocenters. The van der Waals surface area contributed by atoms with E-state index in [1.54, 1.807) is 30.6 Å². The molecular weight excluding hydrogens is 406 g/mol. The number of carbonyl (C=O) groups is 2. The first-order valence-corrected chi connectivity index (χ1v) is 9.04. The number of anilines is 1. The molecule has 0 unspecified atom stereocenters. The SMILES string of the molecule is O=C1NC(=O)c2ccc(Br)cc2/C1=C/Nc1ccc(-c2cccnc2)cc1. The molecule has 1 aromatic heterocycles. The highest BCUT2D eigenvalue weighted by atomic mass is 79.9. The molecule has 0 bridgehead atoms. The van der Waals surface area contributed by atoms with Crippen LogP contribution in [0.3, 0.4) is 0 Å². The van der Waals surface area contributed by atoms with Gasteiger partial charge in [-0.05, 0) is 47.5 Å². The lowest BCUT2D eigenvalue weighted by Crippen LogP contribution is -2.36. The normalized spacial score (nSPS) is 14.6. The third kappa shape index (κ3) is 3.52. The lowest BCUT2D eigenvalue weighted by molar-refractivity contribution is -0.114. The fourth-order valence-corrected chi connectivity index (χ4v) is 3.25. The number of pyridine rings is 1. The summed E-state index contributed by atoms with van der Waals surface area (Å²) in [5.41, 5.74) is 4.39. The first kappa shape index (κ1) is 17.2. The van der Waals surface area contributed by atoms with E-state index in [1.165, 1.54) is 0 Å². The molecule has 3 aromatic rings. The smallest absolute Gasteiger partial charge is 0.260 e. The van der Waals surface area contributed by atoms with Gasteiger partial charge >= 0.3 is 0 Å². The van der Waals surface area contributed by atoms with Gasteiger partial charge in [-0.15, -0.1) is 0 Å². The molecule has 2 amide bonds. The summed E-state index contributed by atoms with van der Waals surface area (Å²) < 4.78 is 0.801. The second kappa shape index (κ2) is 7.17. The summed E-state index contributed by atoms with van der Waals surface area (Å²) in [4.78, 5) is 28.4. The molecule has 0 saturated carbocycles. The van der Waals surface area contributed by atoms with Crippen molar-refractivity contribution in [3.05, 3.63) is 88.8 Å². The molecule has 0 radical (unpaired) electrons. The van der Waals surface area contributed by atoms with E-state index in [2.05, 4.69) is 31.5 Å². The molecule has 4 rings (SSSR count). The Labute approximate surface area is 164 Å². The zero-order valence-electron chi connectivity index (χ0n) is 14.1. The number of hydrogen-bond acceptors (Lipinski definition) is 4. The van der Waals surface area contributed by atoms with Gasteiger partial charge in [-0.2, -0.15) is 0 Å². The van der Waals surface area contributed by atoms with Crippen LogP contribution >= 0.6 is 15.9 Å². The van der Waals surface area contributed by atoms with Crippen molar-refractivity contribution in [2.24, 2.45) is 0 Å². The standard InChI is InChI=1S/C21H14BrN3O2/c22-15-5-8-17-18(10-15)19(21(27)25-20(17)26)12-24-16-6-3-13(4-7-16)14-2-1-9-23-11-14/h1-12,24H,(H,25,26,27)/b19-12-. The number of benzene rings is 2. The van der Waals surface area contributed by atoms with Crippen LogP contribution in [-0.2, 0) is 4.79 Å². The second-order valence-corrected chi connectivity index (χ2v) is 6.91. The van der Waals surface area contributed by atoms with Gasteiger partial charge in [0.2, 0.25) is 0 Å². The number of imide groups is 1. The van der Waals surface area contributed by atoms with E-state index in [-0.39, 0.29) is 5.91 Å². The van der Waals surface area contributed by atoms with Gasteiger partial charge < -0.3 is 5.32 Å². The maximum atomic E-state index is 12.3. The molecule has 1 aliphatic rings. The molecule has 0 spiro atoms. The maximum Gasteiger partial charge on any atom is 0.260 e. The number of aromatic nitrogens is 1. The highest BCUT2D eigenvalue weighted by Gasteiger charge is 2.27. The van der Waals surface area contributed by atoms with Crippen LogP contribution in [0.2, 0.25) is 0 Å². The Morgan fingerprint density at radius 2 is 1.74 bits per heavy atom. The van der Waals surface area contributed by atoms with Gasteiger partial charge in [-0.1, -0.05) is 34.1 Å². The molecule has 0 saturated heterocycles. The molecule has 0 fully saturated rings. The van der Waals surface area contributed by atoms with Crippen molar-refractivity contribution < 1.29 is 9.59 Å². The number of hydrogen-bond donors (Lipinski definition) is 2. The topological polar surface area (TPSA) is 71.1 Å². The van der Waals surface area contributed by atoms with Gasteiger partial charge in [0.15, 0.2) is 0 Å². The Morgan fingerprint density at radius 3 is 2.48 bits per heavy atom. The number of halogens is 1. The molecule has 6 heteroatoms. The number of carbonyl (C=O) groups excluding carboxylic acids is 2. The number of rotatable bonds is 3. The molecule has 5 nitrogen and oxygen atoms in total. The largest absolute Gasteiger partial charge is 0.361 e. The molecule has 0 aliphatic carbocycles. The maximum absolute atomic E-state index is 12.3. The van der Waals surface area contributed by atoms with Crippen LogP contribution in [0.1, 0.15) is 15.9 Å². The van der Waals surface area contributed by atoms with Crippen LogP contribution in [-0.4, -0.2) is 16.8 Å². The zero-order valence-corrected chi connectivity index (χ0v) is 15.7. The van der Waals surface area contributed by atoms with Crippen LogP contribution in [0, 0.1) is 0 Å². The molecule has 2 N–H and O–H groups in total. The Hall–Kier alpha value is -3.25. The predicted molar refractivity (Wildman–Crippen MR) is 108 cm³/mol. The summed E-state index contributed by atoms with van der Waals surface area (Å²) in [6.45, 7) is 0. The number of nitrogens with one attached hydrogen (secondary N) is 2. The minimum atomic E-state index is -0.426. The number of fused-ring (bicyclic) bond motifs is 1. The van der Waals surface area contributed by atoms with Crippen molar-refractivity contribution in [2.75, 3.05) is 5.32 Å². The molecule has 2 heterocycles. The molecule has 1 aliphatic heterocycles. The third-order valence-corrected chi connectivity index (χ3v) is 4.74. The summed E-state index contributed by atoms with van der Waals surface area (Å²) in [5, 5.41) is 5.50. The lowest BCUT2D eigenvalue weighted by Gasteiger charge is -2.18. The van der Waals surface area contributed by atoms with Gasteiger partial charge in [0.1, 0.15) is 0 Å². The minimum absolute atomic E-state index is 0.388. The Kier molecular flexibility index (Phi) is 4.56. The fraction of sp³-hybridized carbons (Fsp3) is 0. The first-order valence-electron chi connectivity index (χ1n) is 8.24. The first-order chi connectivity index (χ1) is 13.1. The van der Waals surface area contributed by atoms with Crippen molar-refractivity contribution in [3.63, 3.8) is 0 Å². The van der Waals surface area contributed by atoms with Crippen molar-refractivity contribution in [1.82, 2.24) is 10.3 Å². The summed E-state index contributed by atoms with van der Waals surface area (Å²) in [5.74, 6) is -0.814. The van der Waals surface area contributed by atoms with Crippen LogP contribution in [0.25, 0.3) is 16.7 Å². The second-order valence-electron chi connectivity index (χ2n) is 5.99. The summed E-state index contributed by atoms with van der Waals surface area (Å²) >= 11 is 3.39. The monoisotopic (exact) mass is 419 g/mol. The van der Waals surface area contributed by atoms with Crippen LogP contribution in [0.15, 0.2) is 77.7 Å². The fourth-order valence-electron chi connectivity index (χ4n) is 2.89. The van der Waals surface area contributed by atoms with E-state index in [4.69, 9.17) is 0 Å². The van der Waals surface area contributed by atoms with E-state index in [9.17, 15) is 9.59 Å². The van der Waals surface area contributed by atoms with Crippen molar-refractivity contribution in [1.29, 1.82) is 0 Å². The van der Waals surface area contributed by atoms with Crippen molar-refractivity contribution >= 4 is 39.0 Å². The number of amides is 2. The highest BCUT2D eigenvalue weighted by Crippen LogP contribution is 2.28. The predicted octanol–water partition coefficient (Wildman–Crippen LogP) is 4.23. The zero-order chi connectivity index (χ0) is 18.8. The molecule has 2 aromatic carbocycles. The van der Waals surface area contributed by atoms with Crippen LogP contribution in [0.4, 0.5) is 5.69 Å². The minimum Gasteiger partial charge on any atom is -0.361 e. The molecular formula is C21H14BrN3O2. The lowest BCUT2D eigenvalue weighted by atomic mass is 9.95. The Balaban J connectivity index is 1.61. The highest BCUT2D eigenvalue weighted by molar-refractivity contribution is 9.10. The average molecular weight is 420 g/mol. The number of nitrogens with zero attached hydrogens (tertiary/aromatic N) is 1. The third-order valence-electron chi connectivity index (χ3n) is 4.25. The van der Waals surface area contributed by atoms with E-state index in [0.29, 0.717) is 16.7 Å². The Bertz CT molecular complexity index is 1060. The van der Waals surface area contributed by atoms with E-state index in [0.717, 1.165) is 21.3 Å².